The van der Waals surface area contributed by atoms with Crippen molar-refractivity contribution >= 4 is 11.4 Å². The number of nitrogens with two attached hydrogens (primary N) is 1. The Labute approximate surface area is 119 Å². The number of anilines is 2. The number of phenols is 2. The monoisotopic (exact) mass is 272 g/mol. The largest absolute Gasteiger partial charge is 0.508 e. The molecule has 0 saturated heterocycles. The van der Waals surface area contributed by atoms with Crippen LogP contribution in [0, 0.1) is 6.92 Å². The molecule has 0 saturated carbocycles. The summed E-state index contributed by atoms with van der Waals surface area (Å²) in [7, 11) is 0. The summed E-state index contributed by atoms with van der Waals surface area (Å²) in [4.78, 5) is 2.15. The third-order valence-corrected chi connectivity index (χ3v) is 3.38. The average molecular weight is 272 g/mol. The number of benzene rings is 2. The highest BCUT2D eigenvalue weighted by atomic mass is 16.3. The van der Waals surface area contributed by atoms with Crippen molar-refractivity contribution in [1.29, 1.82) is 0 Å². The topological polar surface area (TPSA) is 69.7 Å². The Morgan fingerprint density at radius 2 is 1.85 bits per heavy atom. The summed E-state index contributed by atoms with van der Waals surface area (Å²) in [5.74, 6) is 0.361. The molecule has 0 aliphatic rings. The van der Waals surface area contributed by atoms with Crippen LogP contribution in [0.5, 0.6) is 11.5 Å². The second kappa shape index (κ2) is 5.74. The molecular weight excluding hydrogens is 252 g/mol. The number of aryl methyl sites for hydroxylation is 1. The zero-order valence-corrected chi connectivity index (χ0v) is 11.8. The molecule has 0 amide bonds. The van der Waals surface area contributed by atoms with Gasteiger partial charge in [-0.05, 0) is 43.2 Å². The van der Waals surface area contributed by atoms with Crippen molar-refractivity contribution in [2.45, 2.75) is 20.4 Å². The quantitative estimate of drug-likeness (QED) is 0.591. The lowest BCUT2D eigenvalue weighted by molar-refractivity contribution is 0.475. The highest BCUT2D eigenvalue weighted by Gasteiger charge is 2.10. The van der Waals surface area contributed by atoms with Crippen molar-refractivity contribution in [2.75, 3.05) is 17.2 Å². The highest BCUT2D eigenvalue weighted by molar-refractivity contribution is 5.58. The van der Waals surface area contributed by atoms with Crippen LogP contribution in [0.3, 0.4) is 0 Å². The van der Waals surface area contributed by atoms with Crippen molar-refractivity contribution in [2.24, 2.45) is 0 Å². The molecule has 0 unspecified atom stereocenters. The molecule has 0 aliphatic carbocycles. The van der Waals surface area contributed by atoms with E-state index in [1.54, 1.807) is 24.3 Å². The fourth-order valence-corrected chi connectivity index (χ4v) is 2.23. The summed E-state index contributed by atoms with van der Waals surface area (Å²) in [6.45, 7) is 5.56. The fraction of sp³-hybridized carbons (Fsp3) is 0.250. The van der Waals surface area contributed by atoms with E-state index in [1.807, 2.05) is 19.1 Å². The highest BCUT2D eigenvalue weighted by Crippen LogP contribution is 2.27. The smallest absolute Gasteiger partial charge is 0.138 e. The predicted molar refractivity (Wildman–Crippen MR) is 82.1 cm³/mol. The molecular formula is C16H20N2O2. The van der Waals surface area contributed by atoms with Crippen LogP contribution in [0.2, 0.25) is 0 Å². The van der Waals surface area contributed by atoms with Crippen LogP contribution in [0.4, 0.5) is 11.4 Å². The minimum atomic E-state index is 0.102. The molecule has 2 rings (SSSR count). The third-order valence-electron chi connectivity index (χ3n) is 3.38. The van der Waals surface area contributed by atoms with Gasteiger partial charge in [0, 0.05) is 24.8 Å². The van der Waals surface area contributed by atoms with Crippen molar-refractivity contribution in [3.05, 3.63) is 47.5 Å². The van der Waals surface area contributed by atoms with Gasteiger partial charge >= 0.3 is 0 Å². The Kier molecular flexibility index (Phi) is 4.03. The van der Waals surface area contributed by atoms with Gasteiger partial charge in [-0.2, -0.15) is 0 Å². The zero-order valence-electron chi connectivity index (χ0n) is 11.8. The predicted octanol–water partition coefficient (Wildman–Crippen LogP) is 3.01. The van der Waals surface area contributed by atoms with Crippen molar-refractivity contribution in [3.8, 4) is 11.5 Å². The molecule has 0 heterocycles. The molecule has 0 spiro atoms. The molecule has 2 aromatic rings. The van der Waals surface area contributed by atoms with Gasteiger partial charge in [0.1, 0.15) is 11.5 Å². The first-order valence-corrected chi connectivity index (χ1v) is 6.63. The van der Waals surface area contributed by atoms with Crippen LogP contribution in [0.1, 0.15) is 18.1 Å². The molecule has 4 N–H and O–H groups in total. The zero-order chi connectivity index (χ0) is 14.7. The number of hydrogen-bond donors (Lipinski definition) is 3. The molecule has 0 aromatic heterocycles. The number of phenolic OH excluding ortho intramolecular Hbond substituents is 2. The molecule has 0 atom stereocenters. The number of aromatic hydroxyl groups is 2. The summed E-state index contributed by atoms with van der Waals surface area (Å²) in [6, 6.07) is 10.6. The van der Waals surface area contributed by atoms with Gasteiger partial charge in [-0.15, -0.1) is 0 Å². The second-order valence-electron chi connectivity index (χ2n) is 4.88. The van der Waals surface area contributed by atoms with E-state index in [2.05, 4.69) is 11.8 Å². The molecule has 4 heteroatoms. The van der Waals surface area contributed by atoms with Gasteiger partial charge in [0.05, 0.1) is 5.69 Å². The van der Waals surface area contributed by atoms with Crippen molar-refractivity contribution in [3.63, 3.8) is 0 Å². The van der Waals surface area contributed by atoms with Gasteiger partial charge in [-0.25, -0.2) is 0 Å². The number of hydrogen-bond acceptors (Lipinski definition) is 4. The van der Waals surface area contributed by atoms with Crippen LogP contribution in [0.15, 0.2) is 36.4 Å². The summed E-state index contributed by atoms with van der Waals surface area (Å²) >= 11 is 0. The first-order valence-electron chi connectivity index (χ1n) is 6.63. The normalized spacial score (nSPS) is 10.5. The molecule has 0 aliphatic heterocycles. The maximum atomic E-state index is 9.65. The lowest BCUT2D eigenvalue weighted by Crippen LogP contribution is -2.22. The summed E-state index contributed by atoms with van der Waals surface area (Å²) in [6.07, 6.45) is 0. The van der Waals surface area contributed by atoms with Crippen LogP contribution >= 0.6 is 0 Å². The third kappa shape index (κ3) is 2.96. The first kappa shape index (κ1) is 14.1. The van der Waals surface area contributed by atoms with Crippen molar-refractivity contribution in [1.82, 2.24) is 0 Å². The Balaban J connectivity index is 2.28. The maximum absolute atomic E-state index is 9.65. The number of rotatable bonds is 4. The number of nitrogens with zero attached hydrogens (tertiary/aromatic N) is 1. The van der Waals surface area contributed by atoms with Crippen LogP contribution in [-0.2, 0) is 6.54 Å². The molecule has 4 nitrogen and oxygen atoms in total. The van der Waals surface area contributed by atoms with Gasteiger partial charge in [-0.3, -0.25) is 0 Å². The van der Waals surface area contributed by atoms with E-state index in [0.29, 0.717) is 12.2 Å². The van der Waals surface area contributed by atoms with E-state index in [-0.39, 0.29) is 11.5 Å². The second-order valence-corrected chi connectivity index (χ2v) is 4.88. The van der Waals surface area contributed by atoms with Crippen molar-refractivity contribution < 1.29 is 10.2 Å². The van der Waals surface area contributed by atoms with E-state index in [9.17, 15) is 10.2 Å². The first-order chi connectivity index (χ1) is 9.51. The standard InChI is InChI=1S/C16H20N2O2/c1-3-18(15-9-13(19)6-4-11(15)2)10-12-5-7-16(20)14(17)8-12/h4-9,19-20H,3,10,17H2,1-2H3. The molecule has 106 valence electrons. The summed E-state index contributed by atoms with van der Waals surface area (Å²) < 4.78 is 0. The van der Waals surface area contributed by atoms with E-state index < -0.39 is 0 Å². The maximum Gasteiger partial charge on any atom is 0.138 e. The minimum Gasteiger partial charge on any atom is -0.508 e. The van der Waals surface area contributed by atoms with Gasteiger partial charge in [0.2, 0.25) is 0 Å². The Morgan fingerprint density at radius 1 is 1.10 bits per heavy atom. The SMILES string of the molecule is CCN(Cc1ccc(O)c(N)c1)c1cc(O)ccc1C. The molecule has 0 fully saturated rings. The molecule has 2 aromatic carbocycles. The lowest BCUT2D eigenvalue weighted by Gasteiger charge is -2.25. The van der Waals surface area contributed by atoms with E-state index in [0.717, 1.165) is 23.4 Å². The van der Waals surface area contributed by atoms with Crippen LogP contribution < -0.4 is 10.6 Å². The minimum absolute atomic E-state index is 0.102. The van der Waals surface area contributed by atoms with Crippen LogP contribution in [0.25, 0.3) is 0 Å². The Morgan fingerprint density at radius 3 is 2.50 bits per heavy atom. The summed E-state index contributed by atoms with van der Waals surface area (Å²) in [5.41, 5.74) is 9.23. The van der Waals surface area contributed by atoms with Gasteiger partial charge in [0.15, 0.2) is 0 Å². The van der Waals surface area contributed by atoms with Gasteiger partial charge in [-0.1, -0.05) is 12.1 Å². The Hall–Kier alpha value is -2.36. The number of nitrogen functional groups attached to an aromatic ring is 1. The van der Waals surface area contributed by atoms with E-state index in [1.165, 1.54) is 0 Å². The lowest BCUT2D eigenvalue weighted by atomic mass is 10.1. The van der Waals surface area contributed by atoms with Gasteiger partial charge in [0.25, 0.3) is 0 Å². The van der Waals surface area contributed by atoms with Crippen LogP contribution in [-0.4, -0.2) is 16.8 Å². The molecule has 0 radical (unpaired) electrons. The van der Waals surface area contributed by atoms with E-state index in [4.69, 9.17) is 5.73 Å². The van der Waals surface area contributed by atoms with Gasteiger partial charge < -0.3 is 20.8 Å². The molecule has 20 heavy (non-hydrogen) atoms. The average Bonchev–Trinajstić information content (AvgIpc) is 2.43. The summed E-state index contributed by atoms with van der Waals surface area (Å²) in [5, 5.41) is 19.1. The molecule has 0 bridgehead atoms. The Bertz CT molecular complexity index is 611. The fourth-order valence-electron chi connectivity index (χ4n) is 2.23. The van der Waals surface area contributed by atoms with E-state index >= 15 is 0 Å².